The van der Waals surface area contributed by atoms with Crippen LogP contribution in [0.1, 0.15) is 33.6 Å². The van der Waals surface area contributed by atoms with Gasteiger partial charge in [-0.2, -0.15) is 0 Å². The molecule has 1 aliphatic rings. The Hall–Kier alpha value is -0.570. The third-order valence-corrected chi connectivity index (χ3v) is 2.97. The van der Waals surface area contributed by atoms with Crippen molar-refractivity contribution in [3.05, 3.63) is 0 Å². The van der Waals surface area contributed by atoms with Crippen LogP contribution in [0, 0.1) is 11.8 Å². The molecule has 3 heteroatoms. The molecule has 0 aromatic carbocycles. The van der Waals surface area contributed by atoms with Gasteiger partial charge in [0.05, 0.1) is 0 Å². The van der Waals surface area contributed by atoms with Crippen LogP contribution < -0.4 is 5.32 Å². The average Bonchev–Trinajstić information content (AvgIpc) is 2.26. The number of rotatable bonds is 4. The number of carbonyl (C=O) groups excluding carboxylic acids is 1. The highest BCUT2D eigenvalue weighted by atomic mass is 16.2. The first-order valence-corrected chi connectivity index (χ1v) is 6.14. The van der Waals surface area contributed by atoms with Crippen LogP contribution in [0.2, 0.25) is 0 Å². The summed E-state index contributed by atoms with van der Waals surface area (Å²) in [7, 11) is 0. The Balaban J connectivity index is 2.47. The molecule has 1 aliphatic heterocycles. The standard InChI is InChI=1S/C12H24N2O/c1-4-14(9-10(2)3)12(15)11-5-7-13-8-6-11/h10-11,13H,4-9H2,1-3H3. The molecule has 0 aliphatic carbocycles. The van der Waals surface area contributed by atoms with Crippen molar-refractivity contribution in [3.8, 4) is 0 Å². The highest BCUT2D eigenvalue weighted by molar-refractivity contribution is 5.78. The summed E-state index contributed by atoms with van der Waals surface area (Å²) in [5.74, 6) is 1.20. The molecule has 0 unspecified atom stereocenters. The van der Waals surface area contributed by atoms with Gasteiger partial charge in [0.15, 0.2) is 0 Å². The van der Waals surface area contributed by atoms with Gasteiger partial charge in [-0.25, -0.2) is 0 Å². The zero-order chi connectivity index (χ0) is 11.3. The van der Waals surface area contributed by atoms with Crippen LogP contribution >= 0.6 is 0 Å². The fourth-order valence-electron chi connectivity index (χ4n) is 2.14. The van der Waals surface area contributed by atoms with Crippen molar-refractivity contribution >= 4 is 5.91 Å². The number of nitrogens with zero attached hydrogens (tertiary/aromatic N) is 1. The molecule has 88 valence electrons. The van der Waals surface area contributed by atoms with Gasteiger partial charge in [-0.05, 0) is 38.8 Å². The highest BCUT2D eigenvalue weighted by Crippen LogP contribution is 2.15. The van der Waals surface area contributed by atoms with Gasteiger partial charge < -0.3 is 10.2 Å². The molecule has 1 fully saturated rings. The van der Waals surface area contributed by atoms with Gasteiger partial charge in [0.25, 0.3) is 0 Å². The van der Waals surface area contributed by atoms with Crippen molar-refractivity contribution in [3.63, 3.8) is 0 Å². The average molecular weight is 212 g/mol. The zero-order valence-electron chi connectivity index (χ0n) is 10.3. The van der Waals surface area contributed by atoms with Crippen LogP contribution in [0.3, 0.4) is 0 Å². The lowest BCUT2D eigenvalue weighted by Crippen LogP contribution is -2.42. The van der Waals surface area contributed by atoms with Gasteiger partial charge in [-0.15, -0.1) is 0 Å². The van der Waals surface area contributed by atoms with Crippen molar-refractivity contribution in [1.29, 1.82) is 0 Å². The van der Waals surface area contributed by atoms with Gasteiger partial charge >= 0.3 is 0 Å². The predicted molar refractivity (Wildman–Crippen MR) is 62.7 cm³/mol. The fourth-order valence-corrected chi connectivity index (χ4v) is 2.14. The Morgan fingerprint density at radius 2 is 2.00 bits per heavy atom. The second-order valence-electron chi connectivity index (χ2n) is 4.79. The number of piperidine rings is 1. The SMILES string of the molecule is CCN(CC(C)C)C(=O)C1CCNCC1. The van der Waals surface area contributed by atoms with Crippen LogP contribution in [-0.4, -0.2) is 37.0 Å². The first kappa shape index (κ1) is 12.5. The Kier molecular flexibility index (Phi) is 5.09. The second kappa shape index (κ2) is 6.11. The molecule has 0 aromatic heterocycles. The second-order valence-corrected chi connectivity index (χ2v) is 4.79. The molecule has 0 aromatic rings. The van der Waals surface area contributed by atoms with Gasteiger partial charge in [0.2, 0.25) is 5.91 Å². The largest absolute Gasteiger partial charge is 0.342 e. The van der Waals surface area contributed by atoms with E-state index in [1.807, 2.05) is 4.90 Å². The Labute approximate surface area is 93.2 Å². The van der Waals surface area contributed by atoms with Crippen molar-refractivity contribution in [2.24, 2.45) is 11.8 Å². The molecule has 1 amide bonds. The van der Waals surface area contributed by atoms with Gasteiger partial charge in [0, 0.05) is 19.0 Å². The molecular formula is C12H24N2O. The topological polar surface area (TPSA) is 32.3 Å². The summed E-state index contributed by atoms with van der Waals surface area (Å²) in [6.45, 7) is 10.1. The van der Waals surface area contributed by atoms with E-state index < -0.39 is 0 Å². The molecular weight excluding hydrogens is 188 g/mol. The fraction of sp³-hybridized carbons (Fsp3) is 0.917. The van der Waals surface area contributed by atoms with E-state index in [1.165, 1.54) is 0 Å². The van der Waals surface area contributed by atoms with E-state index in [0.29, 0.717) is 11.8 Å². The summed E-state index contributed by atoms with van der Waals surface area (Å²) in [5, 5.41) is 3.30. The van der Waals surface area contributed by atoms with Crippen molar-refractivity contribution < 1.29 is 4.79 Å². The van der Waals surface area contributed by atoms with Crippen molar-refractivity contribution in [2.75, 3.05) is 26.2 Å². The summed E-state index contributed by atoms with van der Waals surface area (Å²) in [6.07, 6.45) is 2.01. The van der Waals surface area contributed by atoms with Crippen LogP contribution in [0.15, 0.2) is 0 Å². The molecule has 3 nitrogen and oxygen atoms in total. The minimum atomic E-state index is 0.268. The molecule has 0 bridgehead atoms. The van der Waals surface area contributed by atoms with Crippen LogP contribution in [-0.2, 0) is 4.79 Å². The lowest BCUT2D eigenvalue weighted by Gasteiger charge is -2.29. The van der Waals surface area contributed by atoms with Gasteiger partial charge in [-0.3, -0.25) is 4.79 Å². The van der Waals surface area contributed by atoms with E-state index in [0.717, 1.165) is 39.0 Å². The van der Waals surface area contributed by atoms with Crippen LogP contribution in [0.25, 0.3) is 0 Å². The number of hydrogen-bond acceptors (Lipinski definition) is 2. The summed E-state index contributed by atoms with van der Waals surface area (Å²) >= 11 is 0. The van der Waals surface area contributed by atoms with E-state index in [9.17, 15) is 4.79 Å². The molecule has 1 N–H and O–H groups in total. The smallest absolute Gasteiger partial charge is 0.225 e. The molecule has 0 radical (unpaired) electrons. The third-order valence-electron chi connectivity index (χ3n) is 2.97. The molecule has 1 saturated heterocycles. The van der Waals surface area contributed by atoms with Crippen molar-refractivity contribution in [1.82, 2.24) is 10.2 Å². The highest BCUT2D eigenvalue weighted by Gasteiger charge is 2.25. The third kappa shape index (κ3) is 3.82. The normalized spacial score (nSPS) is 18.1. The summed E-state index contributed by atoms with van der Waals surface area (Å²) in [6, 6.07) is 0. The maximum Gasteiger partial charge on any atom is 0.225 e. The first-order chi connectivity index (χ1) is 7.15. The molecule has 0 atom stereocenters. The van der Waals surface area contributed by atoms with E-state index in [-0.39, 0.29) is 5.92 Å². The van der Waals surface area contributed by atoms with Crippen LogP contribution in [0.5, 0.6) is 0 Å². The Bertz CT molecular complexity index is 198. The van der Waals surface area contributed by atoms with Gasteiger partial charge in [-0.1, -0.05) is 13.8 Å². The molecule has 15 heavy (non-hydrogen) atoms. The minimum Gasteiger partial charge on any atom is -0.342 e. The lowest BCUT2D eigenvalue weighted by atomic mass is 9.96. The van der Waals surface area contributed by atoms with Crippen molar-refractivity contribution in [2.45, 2.75) is 33.6 Å². The number of nitrogens with one attached hydrogen (secondary N) is 1. The molecule has 0 saturated carbocycles. The monoisotopic (exact) mass is 212 g/mol. The minimum absolute atomic E-state index is 0.268. The first-order valence-electron chi connectivity index (χ1n) is 6.14. The maximum absolute atomic E-state index is 12.2. The summed E-state index contributed by atoms with van der Waals surface area (Å²) in [4.78, 5) is 14.2. The quantitative estimate of drug-likeness (QED) is 0.766. The van der Waals surface area contributed by atoms with Gasteiger partial charge in [0.1, 0.15) is 0 Å². The molecule has 1 rings (SSSR count). The maximum atomic E-state index is 12.2. The van der Waals surface area contributed by atoms with E-state index in [4.69, 9.17) is 0 Å². The van der Waals surface area contributed by atoms with E-state index in [2.05, 4.69) is 26.1 Å². The molecule has 1 heterocycles. The van der Waals surface area contributed by atoms with E-state index >= 15 is 0 Å². The summed E-state index contributed by atoms with van der Waals surface area (Å²) in [5.41, 5.74) is 0. The Morgan fingerprint density at radius 1 is 1.40 bits per heavy atom. The number of amides is 1. The number of hydrogen-bond donors (Lipinski definition) is 1. The van der Waals surface area contributed by atoms with E-state index in [1.54, 1.807) is 0 Å². The predicted octanol–water partition coefficient (Wildman–Crippen LogP) is 1.49. The lowest BCUT2D eigenvalue weighted by molar-refractivity contribution is -0.136. The summed E-state index contributed by atoms with van der Waals surface area (Å²) < 4.78 is 0. The zero-order valence-corrected chi connectivity index (χ0v) is 10.3. The van der Waals surface area contributed by atoms with Crippen LogP contribution in [0.4, 0.5) is 0 Å². The Morgan fingerprint density at radius 3 is 2.47 bits per heavy atom. The number of carbonyl (C=O) groups is 1. The molecule has 0 spiro atoms.